The van der Waals surface area contributed by atoms with Gasteiger partial charge < -0.3 is 10.7 Å². The van der Waals surface area contributed by atoms with Crippen molar-refractivity contribution < 1.29 is 0 Å². The summed E-state index contributed by atoms with van der Waals surface area (Å²) >= 11 is 6.98. The minimum absolute atomic E-state index is 0.116. The summed E-state index contributed by atoms with van der Waals surface area (Å²) in [5.41, 5.74) is 5.18. The molecule has 2 rings (SSSR count). The van der Waals surface area contributed by atoms with Gasteiger partial charge in [-0.3, -0.25) is 4.79 Å². The molecule has 0 fully saturated rings. The third-order valence-corrected chi connectivity index (χ3v) is 2.87. The van der Waals surface area contributed by atoms with E-state index in [1.165, 1.54) is 18.5 Å². The molecular formula is C8H6ClN5OS. The molecule has 0 unspecified atom stereocenters. The lowest BCUT2D eigenvalue weighted by molar-refractivity contribution is 0.930. The van der Waals surface area contributed by atoms with E-state index >= 15 is 0 Å². The van der Waals surface area contributed by atoms with Crippen LogP contribution in [0, 0.1) is 0 Å². The lowest BCUT2D eigenvalue weighted by atomic mass is 10.7. The van der Waals surface area contributed by atoms with E-state index in [1.54, 1.807) is 0 Å². The zero-order chi connectivity index (χ0) is 11.5. The first-order chi connectivity index (χ1) is 7.65. The van der Waals surface area contributed by atoms with Crippen LogP contribution in [0.15, 0.2) is 33.4 Å². The van der Waals surface area contributed by atoms with Crippen LogP contribution in [0.1, 0.15) is 0 Å². The Labute approximate surface area is 99.3 Å². The lowest BCUT2D eigenvalue weighted by Crippen LogP contribution is -2.05. The number of nitrogens with two attached hydrogens (primary N) is 1. The number of H-pyrrole nitrogens is 1. The number of hydrogen-bond acceptors (Lipinski definition) is 6. The number of aromatic nitrogens is 4. The van der Waals surface area contributed by atoms with E-state index in [0.717, 1.165) is 11.8 Å². The van der Waals surface area contributed by atoms with Gasteiger partial charge in [-0.05, 0) is 11.8 Å². The first kappa shape index (κ1) is 10.9. The van der Waals surface area contributed by atoms with E-state index in [9.17, 15) is 4.79 Å². The van der Waals surface area contributed by atoms with Crippen molar-refractivity contribution in [3.8, 4) is 0 Å². The van der Waals surface area contributed by atoms with Crippen molar-refractivity contribution in [3.63, 3.8) is 0 Å². The van der Waals surface area contributed by atoms with Gasteiger partial charge in [0, 0.05) is 12.3 Å². The molecule has 0 aliphatic heterocycles. The van der Waals surface area contributed by atoms with Crippen molar-refractivity contribution in [2.24, 2.45) is 0 Å². The van der Waals surface area contributed by atoms with E-state index in [2.05, 4.69) is 19.9 Å². The molecule has 0 aromatic carbocycles. The maximum atomic E-state index is 11.0. The van der Waals surface area contributed by atoms with Gasteiger partial charge in [0.25, 0.3) is 5.56 Å². The highest BCUT2D eigenvalue weighted by atomic mass is 35.5. The second kappa shape index (κ2) is 4.50. The molecule has 2 heterocycles. The van der Waals surface area contributed by atoms with Crippen LogP contribution in [0.2, 0.25) is 5.02 Å². The molecule has 0 atom stereocenters. The molecule has 2 aromatic heterocycles. The maximum Gasteiger partial charge on any atom is 0.251 e. The number of anilines is 1. The van der Waals surface area contributed by atoms with Crippen molar-refractivity contribution in [1.29, 1.82) is 0 Å². The van der Waals surface area contributed by atoms with E-state index < -0.39 is 0 Å². The fourth-order valence-corrected chi connectivity index (χ4v) is 1.88. The van der Waals surface area contributed by atoms with Crippen molar-refractivity contribution >= 4 is 29.3 Å². The van der Waals surface area contributed by atoms with Gasteiger partial charge in [-0.1, -0.05) is 11.6 Å². The Morgan fingerprint density at radius 1 is 1.44 bits per heavy atom. The first-order valence-corrected chi connectivity index (χ1v) is 5.36. The van der Waals surface area contributed by atoms with Gasteiger partial charge in [-0.15, -0.1) is 0 Å². The Morgan fingerprint density at radius 3 is 3.00 bits per heavy atom. The van der Waals surface area contributed by atoms with Crippen LogP contribution in [-0.4, -0.2) is 19.9 Å². The molecule has 6 nitrogen and oxygen atoms in total. The molecule has 0 aliphatic rings. The van der Waals surface area contributed by atoms with Crippen LogP contribution in [0.25, 0.3) is 0 Å². The third kappa shape index (κ3) is 2.50. The highest BCUT2D eigenvalue weighted by Gasteiger charge is 2.07. The molecule has 16 heavy (non-hydrogen) atoms. The molecule has 0 spiro atoms. The van der Waals surface area contributed by atoms with Crippen LogP contribution in [-0.2, 0) is 0 Å². The smallest absolute Gasteiger partial charge is 0.251 e. The fourth-order valence-electron chi connectivity index (χ4n) is 0.931. The van der Waals surface area contributed by atoms with Crippen LogP contribution in [0.3, 0.4) is 0 Å². The Balaban J connectivity index is 2.33. The van der Waals surface area contributed by atoms with Crippen LogP contribution in [0.4, 0.5) is 5.95 Å². The summed E-state index contributed by atoms with van der Waals surface area (Å²) in [6.07, 6.45) is 2.80. The number of aromatic amines is 1. The number of rotatable bonds is 2. The Kier molecular flexibility index (Phi) is 3.07. The average molecular weight is 256 g/mol. The minimum Gasteiger partial charge on any atom is -0.368 e. The van der Waals surface area contributed by atoms with Crippen molar-refractivity contribution in [1.82, 2.24) is 19.9 Å². The largest absolute Gasteiger partial charge is 0.368 e. The Bertz CT molecular complexity index is 572. The van der Waals surface area contributed by atoms with Crippen molar-refractivity contribution in [2.75, 3.05) is 5.73 Å². The molecule has 0 aliphatic carbocycles. The topological polar surface area (TPSA) is 97.5 Å². The molecule has 0 bridgehead atoms. The molecule has 3 N–H and O–H groups in total. The van der Waals surface area contributed by atoms with Gasteiger partial charge >= 0.3 is 0 Å². The second-order valence-corrected chi connectivity index (χ2v) is 4.11. The van der Waals surface area contributed by atoms with Crippen LogP contribution < -0.4 is 11.3 Å². The van der Waals surface area contributed by atoms with E-state index in [4.69, 9.17) is 17.3 Å². The highest BCUT2D eigenvalue weighted by Crippen LogP contribution is 2.28. The van der Waals surface area contributed by atoms with Gasteiger partial charge in [0.15, 0.2) is 5.16 Å². The predicted octanol–water partition coefficient (Wildman–Crippen LogP) is 0.947. The van der Waals surface area contributed by atoms with Crippen LogP contribution in [0.5, 0.6) is 0 Å². The molecular weight excluding hydrogens is 250 g/mol. The maximum absolute atomic E-state index is 11.0. The summed E-state index contributed by atoms with van der Waals surface area (Å²) in [5, 5.41) is 1.20. The standard InChI is InChI=1S/C8H6ClN5OS/c9-4-3-12-7(10)14-6(4)16-8-11-2-1-5(15)13-8/h1-3H,(H2,10,12,14)(H,11,13,15). The number of nitrogens with one attached hydrogen (secondary N) is 1. The van der Waals surface area contributed by atoms with Gasteiger partial charge in [0.05, 0.1) is 11.2 Å². The molecule has 0 amide bonds. The Morgan fingerprint density at radius 2 is 2.25 bits per heavy atom. The summed E-state index contributed by atoms with van der Waals surface area (Å²) in [7, 11) is 0. The van der Waals surface area contributed by atoms with Crippen molar-refractivity contribution in [3.05, 3.63) is 33.8 Å². The summed E-state index contributed by atoms with van der Waals surface area (Å²) < 4.78 is 0. The van der Waals surface area contributed by atoms with Crippen molar-refractivity contribution in [2.45, 2.75) is 10.2 Å². The van der Waals surface area contributed by atoms with Crippen LogP contribution >= 0.6 is 23.4 Å². The van der Waals surface area contributed by atoms with Gasteiger partial charge in [0.1, 0.15) is 5.03 Å². The monoisotopic (exact) mass is 255 g/mol. The van der Waals surface area contributed by atoms with E-state index in [-0.39, 0.29) is 11.5 Å². The highest BCUT2D eigenvalue weighted by molar-refractivity contribution is 7.99. The quantitative estimate of drug-likeness (QED) is 0.612. The third-order valence-electron chi connectivity index (χ3n) is 1.57. The number of hydrogen-bond donors (Lipinski definition) is 2. The minimum atomic E-state index is -0.240. The zero-order valence-electron chi connectivity index (χ0n) is 7.85. The normalized spacial score (nSPS) is 10.3. The SMILES string of the molecule is Nc1ncc(Cl)c(Sc2nccc(=O)[nH]2)n1. The van der Waals surface area contributed by atoms with Gasteiger partial charge in [0.2, 0.25) is 5.95 Å². The van der Waals surface area contributed by atoms with Gasteiger partial charge in [-0.2, -0.15) is 0 Å². The fraction of sp³-hybridized carbons (Fsp3) is 0. The summed E-state index contributed by atoms with van der Waals surface area (Å²) in [6, 6.07) is 1.32. The first-order valence-electron chi connectivity index (χ1n) is 4.16. The predicted molar refractivity (Wildman–Crippen MR) is 60.4 cm³/mol. The summed E-state index contributed by atoms with van der Waals surface area (Å²) in [4.78, 5) is 25.2. The molecule has 8 heteroatoms. The average Bonchev–Trinajstić information content (AvgIpc) is 2.24. The molecule has 2 aromatic rings. The Hall–Kier alpha value is -1.60. The zero-order valence-corrected chi connectivity index (χ0v) is 9.42. The van der Waals surface area contributed by atoms with Gasteiger partial charge in [-0.25, -0.2) is 15.0 Å². The van der Waals surface area contributed by atoms with E-state index in [0.29, 0.717) is 15.2 Å². The van der Waals surface area contributed by atoms with E-state index in [1.807, 2.05) is 0 Å². The second-order valence-electron chi connectivity index (χ2n) is 2.72. The number of halogens is 1. The molecule has 0 saturated heterocycles. The summed E-state index contributed by atoms with van der Waals surface area (Å²) in [5.74, 6) is 0.116. The number of nitrogen functional groups attached to an aromatic ring is 1. The number of nitrogens with zero attached hydrogens (tertiary/aromatic N) is 3. The molecule has 82 valence electrons. The molecule has 0 radical (unpaired) electrons. The summed E-state index contributed by atoms with van der Waals surface area (Å²) in [6.45, 7) is 0. The molecule has 0 saturated carbocycles. The lowest BCUT2D eigenvalue weighted by Gasteiger charge is -2.01.